The van der Waals surface area contributed by atoms with Crippen LogP contribution in [0.3, 0.4) is 0 Å². The molecule has 0 radical (unpaired) electrons. The molecule has 0 unspecified atom stereocenters. The molecule has 1 heterocycles. The maximum absolute atomic E-state index is 5.76. The van der Waals surface area contributed by atoms with E-state index in [2.05, 4.69) is 28.8 Å². The summed E-state index contributed by atoms with van der Waals surface area (Å²) < 4.78 is 16.0. The third kappa shape index (κ3) is 7.12. The summed E-state index contributed by atoms with van der Waals surface area (Å²) in [6, 6.07) is 0.333. The highest BCUT2D eigenvalue weighted by Crippen LogP contribution is 2.13. The third-order valence-corrected chi connectivity index (χ3v) is 2.08. The minimum absolute atomic E-state index is 0.0548. The Hall–Kier alpha value is -1.14. The molecule has 0 saturated carbocycles. The van der Waals surface area contributed by atoms with Gasteiger partial charge in [-0.25, -0.2) is 0 Å². The molecular formula is C12H20ClN3O3. The molecule has 0 saturated heterocycles. The fourth-order valence-corrected chi connectivity index (χ4v) is 1.29. The molecule has 1 aromatic rings. The van der Waals surface area contributed by atoms with E-state index in [4.69, 9.17) is 25.8 Å². The Bertz CT molecular complexity index is 377. The molecule has 19 heavy (non-hydrogen) atoms. The summed E-state index contributed by atoms with van der Waals surface area (Å²) in [5.41, 5.74) is 0. The van der Waals surface area contributed by atoms with E-state index in [1.54, 1.807) is 0 Å². The van der Waals surface area contributed by atoms with Gasteiger partial charge >= 0.3 is 12.0 Å². The summed E-state index contributed by atoms with van der Waals surface area (Å²) in [6.07, 6.45) is 0.864. The van der Waals surface area contributed by atoms with E-state index in [1.165, 1.54) is 0 Å². The highest BCUT2D eigenvalue weighted by Gasteiger charge is 2.07. The van der Waals surface area contributed by atoms with Crippen LogP contribution in [0.1, 0.15) is 27.2 Å². The average Bonchev–Trinajstić information content (AvgIpc) is 2.35. The maximum atomic E-state index is 5.76. The molecule has 0 spiro atoms. The Balaban J connectivity index is 2.38. The molecule has 0 aromatic carbocycles. The molecule has 0 atom stereocenters. The van der Waals surface area contributed by atoms with Crippen molar-refractivity contribution in [1.82, 2.24) is 15.0 Å². The van der Waals surface area contributed by atoms with Crippen molar-refractivity contribution >= 4 is 11.6 Å². The van der Waals surface area contributed by atoms with Gasteiger partial charge in [0.25, 0.3) is 0 Å². The standard InChI is InChI=1S/C12H20ClN3O3/c1-4-5-18-11-14-10(13)15-12(16-11)19-7-6-17-8-9(2)3/h9H,4-8H2,1-3H3. The van der Waals surface area contributed by atoms with Crippen LogP contribution in [0.5, 0.6) is 12.0 Å². The van der Waals surface area contributed by atoms with Crippen LogP contribution in [-0.2, 0) is 4.74 Å². The van der Waals surface area contributed by atoms with Gasteiger partial charge in [0.1, 0.15) is 6.61 Å². The van der Waals surface area contributed by atoms with E-state index in [0.29, 0.717) is 32.3 Å². The second-order valence-corrected chi connectivity index (χ2v) is 4.67. The van der Waals surface area contributed by atoms with Crippen molar-refractivity contribution in [3.8, 4) is 12.0 Å². The Labute approximate surface area is 118 Å². The van der Waals surface area contributed by atoms with Gasteiger partial charge in [0.15, 0.2) is 0 Å². The van der Waals surface area contributed by atoms with Crippen molar-refractivity contribution < 1.29 is 14.2 Å². The van der Waals surface area contributed by atoms with E-state index >= 15 is 0 Å². The minimum Gasteiger partial charge on any atom is -0.463 e. The lowest BCUT2D eigenvalue weighted by molar-refractivity contribution is 0.0787. The average molecular weight is 290 g/mol. The molecule has 0 N–H and O–H groups in total. The molecule has 0 aliphatic rings. The van der Waals surface area contributed by atoms with E-state index in [-0.39, 0.29) is 17.3 Å². The van der Waals surface area contributed by atoms with Crippen LogP contribution in [0.15, 0.2) is 0 Å². The van der Waals surface area contributed by atoms with Gasteiger partial charge in [-0.2, -0.15) is 9.97 Å². The highest BCUT2D eigenvalue weighted by atomic mass is 35.5. The number of ether oxygens (including phenoxy) is 3. The zero-order valence-corrected chi connectivity index (χ0v) is 12.3. The van der Waals surface area contributed by atoms with Crippen LogP contribution in [0, 0.1) is 5.92 Å². The maximum Gasteiger partial charge on any atom is 0.324 e. The SMILES string of the molecule is CCCOc1nc(Cl)nc(OCCOCC(C)C)n1. The van der Waals surface area contributed by atoms with Gasteiger partial charge in [-0.15, -0.1) is 4.98 Å². The molecule has 1 rings (SSSR count). The van der Waals surface area contributed by atoms with Crippen LogP contribution in [0.2, 0.25) is 5.28 Å². The van der Waals surface area contributed by atoms with Crippen LogP contribution >= 0.6 is 11.6 Å². The lowest BCUT2D eigenvalue weighted by Gasteiger charge is -2.08. The lowest BCUT2D eigenvalue weighted by Crippen LogP contribution is -2.12. The molecule has 0 bridgehead atoms. The van der Waals surface area contributed by atoms with E-state index in [9.17, 15) is 0 Å². The van der Waals surface area contributed by atoms with Crippen molar-refractivity contribution in [2.45, 2.75) is 27.2 Å². The molecule has 0 fully saturated rings. The van der Waals surface area contributed by atoms with Crippen molar-refractivity contribution in [2.75, 3.05) is 26.4 Å². The molecule has 0 aliphatic heterocycles. The fourth-order valence-electron chi connectivity index (χ4n) is 1.15. The van der Waals surface area contributed by atoms with Gasteiger partial charge in [0, 0.05) is 6.61 Å². The summed E-state index contributed by atoms with van der Waals surface area (Å²) in [5.74, 6) is 0.501. The Morgan fingerprint density at radius 2 is 1.63 bits per heavy atom. The summed E-state index contributed by atoms with van der Waals surface area (Å²) >= 11 is 5.76. The van der Waals surface area contributed by atoms with Crippen LogP contribution in [-0.4, -0.2) is 41.4 Å². The molecule has 6 nitrogen and oxygen atoms in total. The third-order valence-electron chi connectivity index (χ3n) is 1.91. The van der Waals surface area contributed by atoms with Crippen LogP contribution < -0.4 is 9.47 Å². The Morgan fingerprint density at radius 1 is 1.00 bits per heavy atom. The molecular weight excluding hydrogens is 270 g/mol. The largest absolute Gasteiger partial charge is 0.463 e. The first-order valence-corrected chi connectivity index (χ1v) is 6.74. The van der Waals surface area contributed by atoms with Gasteiger partial charge < -0.3 is 14.2 Å². The molecule has 108 valence electrons. The minimum atomic E-state index is 0.0548. The van der Waals surface area contributed by atoms with Gasteiger partial charge in [-0.1, -0.05) is 20.8 Å². The number of nitrogens with zero attached hydrogens (tertiary/aromatic N) is 3. The lowest BCUT2D eigenvalue weighted by atomic mass is 10.2. The van der Waals surface area contributed by atoms with Crippen molar-refractivity contribution in [3.63, 3.8) is 0 Å². The zero-order chi connectivity index (χ0) is 14.1. The molecule has 7 heteroatoms. The zero-order valence-electron chi connectivity index (χ0n) is 11.6. The Kier molecular flexibility index (Phi) is 7.43. The van der Waals surface area contributed by atoms with Crippen LogP contribution in [0.25, 0.3) is 0 Å². The van der Waals surface area contributed by atoms with E-state index in [0.717, 1.165) is 6.42 Å². The van der Waals surface area contributed by atoms with Gasteiger partial charge in [0.05, 0.1) is 13.2 Å². The second kappa shape index (κ2) is 8.87. The molecule has 0 amide bonds. The number of hydrogen-bond donors (Lipinski definition) is 0. The van der Waals surface area contributed by atoms with Gasteiger partial charge in [0.2, 0.25) is 5.28 Å². The first-order valence-electron chi connectivity index (χ1n) is 6.36. The monoisotopic (exact) mass is 289 g/mol. The van der Waals surface area contributed by atoms with Gasteiger partial charge in [-0.05, 0) is 23.9 Å². The van der Waals surface area contributed by atoms with Crippen molar-refractivity contribution in [3.05, 3.63) is 5.28 Å². The molecule has 0 aliphatic carbocycles. The fraction of sp³-hybridized carbons (Fsp3) is 0.750. The Morgan fingerprint density at radius 3 is 2.21 bits per heavy atom. The first kappa shape index (κ1) is 15.9. The second-order valence-electron chi connectivity index (χ2n) is 4.34. The number of aromatic nitrogens is 3. The van der Waals surface area contributed by atoms with Crippen LogP contribution in [0.4, 0.5) is 0 Å². The predicted octanol–water partition coefficient (Wildman–Crippen LogP) is 2.37. The van der Waals surface area contributed by atoms with Crippen molar-refractivity contribution in [2.24, 2.45) is 5.92 Å². The quantitative estimate of drug-likeness (QED) is 0.650. The number of rotatable bonds is 9. The first-order chi connectivity index (χ1) is 9.11. The summed E-state index contributed by atoms with van der Waals surface area (Å²) in [7, 11) is 0. The topological polar surface area (TPSA) is 66.4 Å². The number of hydrogen-bond acceptors (Lipinski definition) is 6. The van der Waals surface area contributed by atoms with E-state index < -0.39 is 0 Å². The summed E-state index contributed by atoms with van der Waals surface area (Å²) in [6.45, 7) is 8.23. The predicted molar refractivity (Wildman–Crippen MR) is 71.8 cm³/mol. The molecule has 1 aromatic heterocycles. The normalized spacial score (nSPS) is 10.8. The summed E-state index contributed by atoms with van der Waals surface area (Å²) in [5, 5.41) is 0.0548. The summed E-state index contributed by atoms with van der Waals surface area (Å²) in [4.78, 5) is 11.7. The van der Waals surface area contributed by atoms with Crippen molar-refractivity contribution in [1.29, 1.82) is 0 Å². The smallest absolute Gasteiger partial charge is 0.324 e. The highest BCUT2D eigenvalue weighted by molar-refractivity contribution is 6.28. The van der Waals surface area contributed by atoms with Gasteiger partial charge in [-0.3, -0.25) is 0 Å². The van der Waals surface area contributed by atoms with E-state index in [1.807, 2.05) is 6.92 Å². The number of halogens is 1.